The van der Waals surface area contributed by atoms with Crippen LogP contribution in [0.4, 0.5) is 0 Å². The second kappa shape index (κ2) is 7.18. The first kappa shape index (κ1) is 16.1. The van der Waals surface area contributed by atoms with E-state index in [9.17, 15) is 9.90 Å². The lowest BCUT2D eigenvalue weighted by atomic mass is 10.0. The molecule has 1 heterocycles. The van der Waals surface area contributed by atoms with Gasteiger partial charge in [0.05, 0.1) is 6.04 Å². The van der Waals surface area contributed by atoms with Gasteiger partial charge in [-0.15, -0.1) is 0 Å². The van der Waals surface area contributed by atoms with Crippen molar-refractivity contribution in [1.29, 1.82) is 0 Å². The van der Waals surface area contributed by atoms with E-state index in [1.165, 1.54) is 5.56 Å². The maximum absolute atomic E-state index is 12.6. The summed E-state index contributed by atoms with van der Waals surface area (Å²) in [5.41, 5.74) is 2.02. The molecule has 0 radical (unpaired) electrons. The highest BCUT2D eigenvalue weighted by atomic mass is 79.9. The summed E-state index contributed by atoms with van der Waals surface area (Å²) in [5.74, 6) is 0.431. The summed E-state index contributed by atoms with van der Waals surface area (Å²) < 4.78 is 1.04. The van der Waals surface area contributed by atoms with Gasteiger partial charge in [-0.25, -0.2) is 0 Å². The number of nitrogens with zero attached hydrogens (tertiary/aromatic N) is 1. The third-order valence-corrected chi connectivity index (χ3v) is 4.90. The Balaban J connectivity index is 1.68. The van der Waals surface area contributed by atoms with Gasteiger partial charge in [0.25, 0.3) is 0 Å². The summed E-state index contributed by atoms with van der Waals surface area (Å²) in [6.45, 7) is 0.816. The van der Waals surface area contributed by atoms with Gasteiger partial charge >= 0.3 is 0 Å². The van der Waals surface area contributed by atoms with Crippen LogP contribution in [0.15, 0.2) is 53.0 Å². The number of phenols is 1. The topological polar surface area (TPSA) is 40.5 Å². The number of aromatic hydroxyl groups is 1. The number of benzene rings is 2. The van der Waals surface area contributed by atoms with Crippen molar-refractivity contribution in [3.05, 3.63) is 64.1 Å². The first-order chi connectivity index (χ1) is 11.1. The number of carbonyl (C=O) groups excluding carboxylic acids is 1. The number of hydrogen-bond donors (Lipinski definition) is 1. The molecule has 1 atom stereocenters. The number of amides is 1. The predicted octanol–water partition coefficient (Wildman–Crippen LogP) is 4.45. The molecule has 120 valence electrons. The fraction of sp³-hybridized carbons (Fsp3) is 0.316. The lowest BCUT2D eigenvalue weighted by Crippen LogP contribution is -2.30. The summed E-state index contributed by atoms with van der Waals surface area (Å²) in [6, 6.07) is 15.6. The van der Waals surface area contributed by atoms with Crippen molar-refractivity contribution >= 4 is 21.8 Å². The molecule has 0 aliphatic carbocycles. The summed E-state index contributed by atoms with van der Waals surface area (Å²) in [6.07, 6.45) is 3.06. The molecule has 2 aromatic rings. The molecule has 4 heteroatoms. The second-order valence-electron chi connectivity index (χ2n) is 5.93. The highest BCUT2D eigenvalue weighted by Gasteiger charge is 2.29. The van der Waals surface area contributed by atoms with E-state index in [1.54, 1.807) is 12.1 Å². The second-order valence-corrected chi connectivity index (χ2v) is 6.84. The number of phenolic OH excluding ortho intramolecular Hbond substituents is 1. The third-order valence-electron chi connectivity index (χ3n) is 4.41. The van der Waals surface area contributed by atoms with Gasteiger partial charge in [-0.1, -0.05) is 46.3 Å². The van der Waals surface area contributed by atoms with Crippen LogP contribution in [0.3, 0.4) is 0 Å². The number of rotatable bonds is 4. The van der Waals surface area contributed by atoms with Gasteiger partial charge in [0.2, 0.25) is 5.91 Å². The minimum absolute atomic E-state index is 0.163. The van der Waals surface area contributed by atoms with Crippen molar-refractivity contribution < 1.29 is 9.90 Å². The first-order valence-corrected chi connectivity index (χ1v) is 8.76. The zero-order valence-electron chi connectivity index (χ0n) is 12.9. The van der Waals surface area contributed by atoms with Gasteiger partial charge in [-0.3, -0.25) is 4.79 Å². The van der Waals surface area contributed by atoms with E-state index >= 15 is 0 Å². The Morgan fingerprint density at radius 2 is 2.04 bits per heavy atom. The number of halogens is 1. The van der Waals surface area contributed by atoms with Crippen molar-refractivity contribution in [2.45, 2.75) is 31.7 Å². The fourth-order valence-corrected chi connectivity index (χ4v) is 3.65. The van der Waals surface area contributed by atoms with E-state index in [0.717, 1.165) is 29.4 Å². The average molecular weight is 374 g/mol. The maximum Gasteiger partial charge on any atom is 0.223 e. The molecule has 0 aromatic heterocycles. The summed E-state index contributed by atoms with van der Waals surface area (Å²) >= 11 is 3.50. The monoisotopic (exact) mass is 373 g/mol. The number of likely N-dealkylation sites (tertiary alicyclic amines) is 1. The molecule has 1 fully saturated rings. The molecule has 1 amide bonds. The SMILES string of the molecule is O=C(CCc1ccccc1O)N1CCCC1c1cccc(Br)c1. The third kappa shape index (κ3) is 3.75. The Morgan fingerprint density at radius 3 is 2.83 bits per heavy atom. The molecule has 3 rings (SSSR count). The van der Waals surface area contributed by atoms with E-state index in [1.807, 2.05) is 29.2 Å². The lowest BCUT2D eigenvalue weighted by Gasteiger charge is -2.25. The van der Waals surface area contributed by atoms with Gasteiger partial charge in [0.1, 0.15) is 5.75 Å². The van der Waals surface area contributed by atoms with Crippen molar-refractivity contribution in [3.63, 3.8) is 0 Å². The van der Waals surface area contributed by atoms with Gasteiger partial charge in [0, 0.05) is 17.4 Å². The molecular weight excluding hydrogens is 354 g/mol. The standard InChI is InChI=1S/C19H20BrNO2/c20-16-7-3-6-15(13-16)17-8-4-12-21(17)19(23)11-10-14-5-1-2-9-18(14)22/h1-3,5-7,9,13,17,22H,4,8,10-12H2. The summed E-state index contributed by atoms with van der Waals surface area (Å²) in [5, 5.41) is 9.82. The minimum Gasteiger partial charge on any atom is -0.508 e. The van der Waals surface area contributed by atoms with E-state index in [4.69, 9.17) is 0 Å². The summed E-state index contributed by atoms with van der Waals surface area (Å²) in [4.78, 5) is 14.6. The van der Waals surface area contributed by atoms with Crippen molar-refractivity contribution in [3.8, 4) is 5.75 Å². The van der Waals surface area contributed by atoms with Gasteiger partial charge in [-0.2, -0.15) is 0 Å². The van der Waals surface area contributed by atoms with Crippen LogP contribution in [0.25, 0.3) is 0 Å². The average Bonchev–Trinajstić information content (AvgIpc) is 3.03. The van der Waals surface area contributed by atoms with Crippen LogP contribution in [0.1, 0.15) is 36.4 Å². The van der Waals surface area contributed by atoms with Gasteiger partial charge in [-0.05, 0) is 48.6 Å². The maximum atomic E-state index is 12.6. The zero-order chi connectivity index (χ0) is 16.2. The molecule has 0 bridgehead atoms. The van der Waals surface area contributed by atoms with Crippen molar-refractivity contribution in [2.24, 2.45) is 0 Å². The highest BCUT2D eigenvalue weighted by molar-refractivity contribution is 9.10. The van der Waals surface area contributed by atoms with E-state index in [0.29, 0.717) is 12.8 Å². The minimum atomic E-state index is 0.163. The van der Waals surface area contributed by atoms with Gasteiger partial charge in [0.15, 0.2) is 0 Å². The Kier molecular flexibility index (Phi) is 5.01. The van der Waals surface area contributed by atoms with Crippen LogP contribution >= 0.6 is 15.9 Å². The number of aryl methyl sites for hydroxylation is 1. The van der Waals surface area contributed by atoms with Crippen LogP contribution in [-0.4, -0.2) is 22.5 Å². The Hall–Kier alpha value is -1.81. The Morgan fingerprint density at radius 1 is 1.22 bits per heavy atom. The van der Waals surface area contributed by atoms with Crippen LogP contribution in [0.2, 0.25) is 0 Å². The van der Waals surface area contributed by atoms with Crippen molar-refractivity contribution in [1.82, 2.24) is 4.90 Å². The molecule has 23 heavy (non-hydrogen) atoms. The molecular formula is C19H20BrNO2. The number of carbonyl (C=O) groups is 1. The van der Waals surface area contributed by atoms with Crippen LogP contribution in [-0.2, 0) is 11.2 Å². The molecule has 1 unspecified atom stereocenters. The molecule has 0 saturated carbocycles. The van der Waals surface area contributed by atoms with E-state index in [2.05, 4.69) is 28.1 Å². The quantitative estimate of drug-likeness (QED) is 0.859. The first-order valence-electron chi connectivity index (χ1n) is 7.97. The molecule has 3 nitrogen and oxygen atoms in total. The van der Waals surface area contributed by atoms with E-state index < -0.39 is 0 Å². The predicted molar refractivity (Wildman–Crippen MR) is 94.3 cm³/mol. The molecule has 1 saturated heterocycles. The van der Waals surface area contributed by atoms with E-state index in [-0.39, 0.29) is 17.7 Å². The van der Waals surface area contributed by atoms with Crippen molar-refractivity contribution in [2.75, 3.05) is 6.54 Å². The van der Waals surface area contributed by atoms with Gasteiger partial charge < -0.3 is 10.0 Å². The number of hydrogen-bond acceptors (Lipinski definition) is 2. The van der Waals surface area contributed by atoms with Crippen LogP contribution in [0, 0.1) is 0 Å². The molecule has 0 spiro atoms. The lowest BCUT2D eigenvalue weighted by molar-refractivity contribution is -0.132. The number of para-hydroxylation sites is 1. The Bertz CT molecular complexity index is 701. The fourth-order valence-electron chi connectivity index (χ4n) is 3.23. The van der Waals surface area contributed by atoms with Crippen LogP contribution in [0.5, 0.6) is 5.75 Å². The smallest absolute Gasteiger partial charge is 0.223 e. The molecule has 1 aliphatic heterocycles. The normalized spacial score (nSPS) is 17.4. The highest BCUT2D eigenvalue weighted by Crippen LogP contribution is 2.33. The van der Waals surface area contributed by atoms with Crippen LogP contribution < -0.4 is 0 Å². The zero-order valence-corrected chi connectivity index (χ0v) is 14.5. The largest absolute Gasteiger partial charge is 0.508 e. The Labute approximate surface area is 145 Å². The molecule has 2 aromatic carbocycles. The summed E-state index contributed by atoms with van der Waals surface area (Å²) in [7, 11) is 0. The molecule has 1 aliphatic rings. The molecule has 1 N–H and O–H groups in total.